The molecule has 17 heavy (non-hydrogen) atoms. The first-order valence-corrected chi connectivity index (χ1v) is 6.82. The molecule has 0 aliphatic carbocycles. The van der Waals surface area contributed by atoms with Gasteiger partial charge in [-0.15, -0.1) is 0 Å². The predicted molar refractivity (Wildman–Crippen MR) is 73.7 cm³/mol. The van der Waals surface area contributed by atoms with Crippen LogP contribution in [0.3, 0.4) is 0 Å². The van der Waals surface area contributed by atoms with Crippen LogP contribution in [-0.2, 0) is 4.79 Å². The van der Waals surface area contributed by atoms with Crippen LogP contribution in [0.25, 0.3) is 0 Å². The molecule has 1 saturated heterocycles. The minimum absolute atomic E-state index is 0.152. The van der Waals surface area contributed by atoms with Crippen LogP contribution < -0.4 is 5.32 Å². The Morgan fingerprint density at radius 1 is 1.41 bits per heavy atom. The number of nitrogens with one attached hydrogen (secondary N) is 1. The van der Waals surface area contributed by atoms with Gasteiger partial charge in [0.05, 0.1) is 10.1 Å². The van der Waals surface area contributed by atoms with E-state index < -0.39 is 0 Å². The van der Waals surface area contributed by atoms with Gasteiger partial charge in [0.15, 0.2) is 0 Å². The van der Waals surface area contributed by atoms with E-state index in [1.165, 1.54) is 12.7 Å². The van der Waals surface area contributed by atoms with Gasteiger partial charge in [-0.1, -0.05) is 0 Å². The summed E-state index contributed by atoms with van der Waals surface area (Å²) in [5.74, 6) is 0.880. The molecule has 2 rings (SSSR count). The molecule has 1 N–H and O–H groups in total. The smallest absolute Gasteiger partial charge is 0.241 e. The van der Waals surface area contributed by atoms with Crippen LogP contribution in [-0.4, -0.2) is 40.4 Å². The zero-order chi connectivity index (χ0) is 12.1. The molecule has 92 valence electrons. The zero-order valence-electron chi connectivity index (χ0n) is 9.53. The number of hydrogen-bond acceptors (Lipinski definition) is 4. The maximum atomic E-state index is 11.9. The van der Waals surface area contributed by atoms with Crippen molar-refractivity contribution >= 4 is 34.3 Å². The quantitative estimate of drug-likeness (QED) is 0.843. The summed E-state index contributed by atoms with van der Waals surface area (Å²) >= 11 is 2.15. The molecule has 1 fully saturated rings. The second-order valence-electron chi connectivity index (χ2n) is 4.01. The fraction of sp³-hybridized carbons (Fsp3) is 0.545. The third kappa shape index (κ3) is 3.52. The summed E-state index contributed by atoms with van der Waals surface area (Å²) in [6.07, 6.45) is 6.69. The SMILES string of the molecule is O=C(CNc1ncncc1I)N1CCCCC1. The Balaban J connectivity index is 1.85. The molecule has 1 amide bonds. The van der Waals surface area contributed by atoms with Crippen LogP contribution in [0.4, 0.5) is 5.82 Å². The van der Waals surface area contributed by atoms with Gasteiger partial charge in [-0.3, -0.25) is 4.79 Å². The molecule has 0 unspecified atom stereocenters. The standard InChI is InChI=1S/C11H15IN4O/c12-9-6-13-8-15-11(9)14-7-10(17)16-4-2-1-3-5-16/h6,8H,1-5,7H2,(H,13,14,15). The van der Waals surface area contributed by atoms with E-state index in [9.17, 15) is 4.79 Å². The highest BCUT2D eigenvalue weighted by Crippen LogP contribution is 2.13. The number of likely N-dealkylation sites (tertiary alicyclic amines) is 1. The van der Waals surface area contributed by atoms with E-state index in [-0.39, 0.29) is 5.91 Å². The predicted octanol–water partition coefficient (Wildman–Crippen LogP) is 1.51. The Labute approximate surface area is 114 Å². The fourth-order valence-corrected chi connectivity index (χ4v) is 2.35. The van der Waals surface area contributed by atoms with Crippen LogP contribution in [0.1, 0.15) is 19.3 Å². The monoisotopic (exact) mass is 346 g/mol. The summed E-state index contributed by atoms with van der Waals surface area (Å²) in [4.78, 5) is 21.8. The summed E-state index contributed by atoms with van der Waals surface area (Å²) in [5.41, 5.74) is 0. The molecular formula is C11H15IN4O. The first kappa shape index (κ1) is 12.5. The minimum atomic E-state index is 0.152. The highest BCUT2D eigenvalue weighted by molar-refractivity contribution is 14.1. The maximum absolute atomic E-state index is 11.9. The molecule has 0 aromatic carbocycles. The van der Waals surface area contributed by atoms with Gasteiger partial charge in [0.1, 0.15) is 12.1 Å². The van der Waals surface area contributed by atoms with E-state index in [0.29, 0.717) is 6.54 Å². The van der Waals surface area contributed by atoms with Crippen LogP contribution in [0.5, 0.6) is 0 Å². The van der Waals surface area contributed by atoms with Gasteiger partial charge in [-0.25, -0.2) is 9.97 Å². The van der Waals surface area contributed by atoms with Gasteiger partial charge < -0.3 is 10.2 Å². The van der Waals surface area contributed by atoms with Crippen molar-refractivity contribution in [2.24, 2.45) is 0 Å². The highest BCUT2D eigenvalue weighted by atomic mass is 127. The lowest BCUT2D eigenvalue weighted by molar-refractivity contribution is -0.130. The van der Waals surface area contributed by atoms with E-state index in [4.69, 9.17) is 0 Å². The van der Waals surface area contributed by atoms with E-state index in [1.807, 2.05) is 4.90 Å². The number of halogens is 1. The third-order valence-corrected chi connectivity index (χ3v) is 3.57. The number of rotatable bonds is 3. The minimum Gasteiger partial charge on any atom is -0.360 e. The number of aromatic nitrogens is 2. The molecule has 0 spiro atoms. The molecule has 1 aliphatic heterocycles. The average Bonchev–Trinajstić information content (AvgIpc) is 2.38. The summed E-state index contributed by atoms with van der Waals surface area (Å²) in [5, 5.41) is 3.06. The van der Waals surface area contributed by atoms with Crippen LogP contribution in [0, 0.1) is 3.57 Å². The third-order valence-electron chi connectivity index (χ3n) is 2.78. The number of amides is 1. The average molecular weight is 346 g/mol. The molecule has 1 aromatic heterocycles. The zero-order valence-corrected chi connectivity index (χ0v) is 11.7. The van der Waals surface area contributed by atoms with Gasteiger partial charge in [0, 0.05) is 19.3 Å². The molecule has 1 aromatic rings. The second kappa shape index (κ2) is 6.13. The lowest BCUT2D eigenvalue weighted by Crippen LogP contribution is -2.39. The number of carbonyl (C=O) groups is 1. The van der Waals surface area contributed by atoms with Gasteiger partial charge in [0.2, 0.25) is 5.91 Å². The summed E-state index contributed by atoms with van der Waals surface area (Å²) in [6, 6.07) is 0. The molecule has 6 heteroatoms. The normalized spacial score (nSPS) is 15.7. The van der Waals surface area contributed by atoms with Crippen molar-refractivity contribution in [1.82, 2.24) is 14.9 Å². The van der Waals surface area contributed by atoms with Gasteiger partial charge in [0.25, 0.3) is 0 Å². The molecule has 0 saturated carbocycles. The van der Waals surface area contributed by atoms with E-state index >= 15 is 0 Å². The van der Waals surface area contributed by atoms with Crippen molar-refractivity contribution in [1.29, 1.82) is 0 Å². The number of nitrogens with zero attached hydrogens (tertiary/aromatic N) is 3. The number of anilines is 1. The van der Waals surface area contributed by atoms with Gasteiger partial charge >= 0.3 is 0 Å². The van der Waals surface area contributed by atoms with Crippen molar-refractivity contribution < 1.29 is 4.79 Å². The lowest BCUT2D eigenvalue weighted by atomic mass is 10.1. The Kier molecular flexibility index (Phi) is 4.52. The van der Waals surface area contributed by atoms with Crippen molar-refractivity contribution in [3.05, 3.63) is 16.1 Å². The molecule has 5 nitrogen and oxygen atoms in total. The summed E-state index contributed by atoms with van der Waals surface area (Å²) in [7, 11) is 0. The maximum Gasteiger partial charge on any atom is 0.241 e. The number of hydrogen-bond donors (Lipinski definition) is 1. The lowest BCUT2D eigenvalue weighted by Gasteiger charge is -2.26. The Morgan fingerprint density at radius 2 is 2.18 bits per heavy atom. The van der Waals surface area contributed by atoms with Crippen molar-refractivity contribution in [2.45, 2.75) is 19.3 Å². The first-order valence-electron chi connectivity index (χ1n) is 5.74. The van der Waals surface area contributed by atoms with Crippen molar-refractivity contribution in [2.75, 3.05) is 25.0 Å². The number of piperidine rings is 1. The summed E-state index contributed by atoms with van der Waals surface area (Å²) < 4.78 is 0.927. The fourth-order valence-electron chi connectivity index (χ4n) is 1.86. The Morgan fingerprint density at radius 3 is 2.88 bits per heavy atom. The molecule has 1 aliphatic rings. The van der Waals surface area contributed by atoms with Crippen LogP contribution in [0.2, 0.25) is 0 Å². The largest absolute Gasteiger partial charge is 0.360 e. The topological polar surface area (TPSA) is 58.1 Å². The Hall–Kier alpha value is -0.920. The molecule has 2 heterocycles. The summed E-state index contributed by atoms with van der Waals surface area (Å²) in [6.45, 7) is 2.09. The first-order chi connectivity index (χ1) is 8.27. The second-order valence-corrected chi connectivity index (χ2v) is 5.18. The molecular weight excluding hydrogens is 331 g/mol. The van der Waals surface area contributed by atoms with Gasteiger partial charge in [-0.2, -0.15) is 0 Å². The Bertz CT molecular complexity index is 393. The van der Waals surface area contributed by atoms with E-state index in [1.54, 1.807) is 6.20 Å². The van der Waals surface area contributed by atoms with E-state index in [2.05, 4.69) is 37.9 Å². The van der Waals surface area contributed by atoms with Crippen molar-refractivity contribution in [3.63, 3.8) is 0 Å². The van der Waals surface area contributed by atoms with E-state index in [0.717, 1.165) is 35.3 Å². The van der Waals surface area contributed by atoms with Gasteiger partial charge in [-0.05, 0) is 41.9 Å². The van der Waals surface area contributed by atoms with Crippen LogP contribution >= 0.6 is 22.6 Å². The van der Waals surface area contributed by atoms with Crippen molar-refractivity contribution in [3.8, 4) is 0 Å². The van der Waals surface area contributed by atoms with Crippen LogP contribution in [0.15, 0.2) is 12.5 Å². The number of carbonyl (C=O) groups excluding carboxylic acids is 1. The molecule has 0 radical (unpaired) electrons. The molecule has 0 bridgehead atoms. The highest BCUT2D eigenvalue weighted by Gasteiger charge is 2.16. The molecule has 0 atom stereocenters.